The second-order valence-corrected chi connectivity index (χ2v) is 8.91. The number of hydrogen-bond donors (Lipinski definition) is 0. The van der Waals surface area contributed by atoms with Gasteiger partial charge < -0.3 is 0 Å². The highest BCUT2D eigenvalue weighted by molar-refractivity contribution is 7.43. The van der Waals surface area contributed by atoms with Gasteiger partial charge >= 0.3 is 0 Å². The van der Waals surface area contributed by atoms with Crippen LogP contribution in [-0.4, -0.2) is 45.8 Å². The van der Waals surface area contributed by atoms with E-state index in [2.05, 4.69) is 13.5 Å². The van der Waals surface area contributed by atoms with Gasteiger partial charge in [-0.25, -0.2) is 0 Å². The van der Waals surface area contributed by atoms with E-state index in [4.69, 9.17) is 69.6 Å². The Balaban J connectivity index is 0.000000225. The molecule has 2 rings (SSSR count). The lowest BCUT2D eigenvalue weighted by atomic mass is 9.97. The van der Waals surface area contributed by atoms with Crippen molar-refractivity contribution in [2.75, 3.05) is 0 Å². The highest BCUT2D eigenvalue weighted by Crippen LogP contribution is 2.39. The van der Waals surface area contributed by atoms with Crippen LogP contribution in [0.2, 0.25) is 0 Å². The van der Waals surface area contributed by atoms with Crippen molar-refractivity contribution in [1.29, 1.82) is 0 Å². The summed E-state index contributed by atoms with van der Waals surface area (Å²) < 4.78 is 11.3. The number of halogens is 6. The molecular formula is C6H6Cl6N3P3. The zero-order valence-corrected chi connectivity index (χ0v) is 15.6. The molecule has 1 saturated carbocycles. The summed E-state index contributed by atoms with van der Waals surface area (Å²) in [7, 11) is 2.49. The van der Waals surface area contributed by atoms with E-state index in [1.807, 2.05) is 0 Å². The molecule has 12 heteroatoms. The summed E-state index contributed by atoms with van der Waals surface area (Å²) in [6, 6.07) is 0. The first-order valence-corrected chi connectivity index (χ1v) is 9.53. The molecule has 1 heterocycles. The van der Waals surface area contributed by atoms with Crippen molar-refractivity contribution >= 4 is 95.1 Å². The van der Waals surface area contributed by atoms with Gasteiger partial charge in [0.05, 0.1) is 32.3 Å². The molecule has 0 unspecified atom stereocenters. The summed E-state index contributed by atoms with van der Waals surface area (Å²) in [5.41, 5.74) is 0. The smallest absolute Gasteiger partial charge is 0.166 e. The molecule has 18 heavy (non-hydrogen) atoms. The Bertz CT molecular complexity index is 265. The van der Waals surface area contributed by atoms with Crippen LogP contribution in [0.5, 0.6) is 0 Å². The molecule has 1 fully saturated rings. The second-order valence-electron chi connectivity index (χ2n) is 3.20. The third-order valence-electron chi connectivity index (χ3n) is 2.07. The van der Waals surface area contributed by atoms with Crippen molar-refractivity contribution < 1.29 is 0 Å². The zero-order valence-electron chi connectivity index (χ0n) is 8.42. The summed E-state index contributed by atoms with van der Waals surface area (Å²) in [5.74, 6) is 0. The standard InChI is InChI=1S/C6H6Cl6.N3P3/c7-1-2(8)4(10)6(12)5(11)3(1)9;1-4-2-6-3-5-1/h1-6H;. The van der Waals surface area contributed by atoms with E-state index in [-0.39, 0.29) is 0 Å². The first-order valence-electron chi connectivity index (χ1n) is 4.51. The molecule has 0 amide bonds. The average molecular weight is 426 g/mol. The maximum absolute atomic E-state index is 5.88. The summed E-state index contributed by atoms with van der Waals surface area (Å²) >= 11 is 35.3. The van der Waals surface area contributed by atoms with Gasteiger partial charge in [-0.05, 0) is 0 Å². The Morgan fingerprint density at radius 1 is 0.444 bits per heavy atom. The molecule has 0 atom stereocenters. The molecule has 0 saturated heterocycles. The van der Waals surface area contributed by atoms with E-state index in [0.717, 1.165) is 25.5 Å². The van der Waals surface area contributed by atoms with Gasteiger partial charge in [0.25, 0.3) is 0 Å². The summed E-state index contributed by atoms with van der Waals surface area (Å²) in [5, 5.41) is -2.62. The van der Waals surface area contributed by atoms with E-state index in [1.165, 1.54) is 0 Å². The SMILES string of the molecule is ClC1C(Cl)C(Cl)C(Cl)C(Cl)C1Cl.n1pnpnp1. The third kappa shape index (κ3) is 5.10. The number of nitrogens with zero attached hydrogens (tertiary/aromatic N) is 3. The molecular weight excluding hydrogens is 420 g/mol. The molecule has 1 aliphatic carbocycles. The summed E-state index contributed by atoms with van der Waals surface area (Å²) in [6.07, 6.45) is 0. The van der Waals surface area contributed by atoms with Crippen molar-refractivity contribution in [3.63, 3.8) is 0 Å². The Hall–Kier alpha value is 2.04. The maximum Gasteiger partial charge on any atom is 0.166 e. The molecule has 0 N–H and O–H groups in total. The molecule has 102 valence electrons. The minimum absolute atomic E-state index is 0.437. The fraction of sp³-hybridized carbons (Fsp3) is 1.00. The normalized spacial score (nSPS) is 41.0. The fourth-order valence-electron chi connectivity index (χ4n) is 1.16. The Morgan fingerprint density at radius 3 is 0.722 bits per heavy atom. The van der Waals surface area contributed by atoms with Crippen molar-refractivity contribution in [2.24, 2.45) is 0 Å². The van der Waals surface area contributed by atoms with Gasteiger partial charge in [0.15, 0.2) is 25.5 Å². The van der Waals surface area contributed by atoms with Crippen LogP contribution in [0.3, 0.4) is 0 Å². The summed E-state index contributed by atoms with van der Waals surface area (Å²) in [6.45, 7) is 0. The van der Waals surface area contributed by atoms with E-state index in [0.29, 0.717) is 0 Å². The minimum atomic E-state index is -0.437. The number of aromatic nitrogens is 3. The van der Waals surface area contributed by atoms with Crippen LogP contribution < -0.4 is 0 Å². The van der Waals surface area contributed by atoms with E-state index < -0.39 is 32.3 Å². The highest BCUT2D eigenvalue weighted by atomic mass is 35.5. The molecule has 1 aliphatic rings. The lowest BCUT2D eigenvalue weighted by molar-refractivity contribution is 0.544. The molecule has 0 bridgehead atoms. The van der Waals surface area contributed by atoms with Crippen molar-refractivity contribution in [3.8, 4) is 0 Å². The first kappa shape index (κ1) is 18.1. The second kappa shape index (κ2) is 9.14. The Kier molecular flexibility index (Phi) is 9.18. The molecule has 0 spiro atoms. The van der Waals surface area contributed by atoms with Crippen LogP contribution in [0.4, 0.5) is 0 Å². The van der Waals surface area contributed by atoms with Crippen LogP contribution in [0, 0.1) is 0 Å². The monoisotopic (exact) mass is 423 g/mol. The van der Waals surface area contributed by atoms with Gasteiger partial charge in [0, 0.05) is 0 Å². The van der Waals surface area contributed by atoms with Gasteiger partial charge in [-0.1, -0.05) is 0 Å². The summed E-state index contributed by atoms with van der Waals surface area (Å²) in [4.78, 5) is 0. The van der Waals surface area contributed by atoms with Crippen LogP contribution in [0.1, 0.15) is 0 Å². The minimum Gasteiger partial charge on any atom is -0.166 e. The Morgan fingerprint density at radius 2 is 0.611 bits per heavy atom. The van der Waals surface area contributed by atoms with Gasteiger partial charge in [0.1, 0.15) is 0 Å². The van der Waals surface area contributed by atoms with Crippen LogP contribution >= 0.6 is 95.1 Å². The fourth-order valence-corrected chi connectivity index (χ4v) is 5.31. The average Bonchev–Trinajstić information content (AvgIpc) is 2.43. The number of alkyl halides is 6. The van der Waals surface area contributed by atoms with Gasteiger partial charge in [-0.15, -0.1) is 69.6 Å². The number of rotatable bonds is 0. The van der Waals surface area contributed by atoms with Gasteiger partial charge in [-0.2, -0.15) is 13.5 Å². The predicted octanol–water partition coefficient (Wildman–Crippen LogP) is 5.26. The quantitative estimate of drug-likeness (QED) is 0.532. The van der Waals surface area contributed by atoms with Crippen LogP contribution in [0.25, 0.3) is 0 Å². The molecule has 0 aromatic carbocycles. The van der Waals surface area contributed by atoms with Gasteiger partial charge in [0.2, 0.25) is 0 Å². The molecule has 0 aliphatic heterocycles. The molecule has 1 aromatic heterocycles. The van der Waals surface area contributed by atoms with Crippen molar-refractivity contribution in [3.05, 3.63) is 0 Å². The van der Waals surface area contributed by atoms with E-state index in [1.54, 1.807) is 0 Å². The van der Waals surface area contributed by atoms with E-state index >= 15 is 0 Å². The molecule has 0 radical (unpaired) electrons. The largest absolute Gasteiger partial charge is 0.166 e. The first-order chi connectivity index (χ1) is 8.46. The molecule has 3 nitrogen and oxygen atoms in total. The number of hydrogen-bond acceptors (Lipinski definition) is 3. The maximum atomic E-state index is 5.88. The molecule has 1 aromatic rings. The highest BCUT2D eigenvalue weighted by Gasteiger charge is 2.46. The topological polar surface area (TPSA) is 38.7 Å². The van der Waals surface area contributed by atoms with Crippen molar-refractivity contribution in [2.45, 2.75) is 32.3 Å². The lowest BCUT2D eigenvalue weighted by Crippen LogP contribution is -2.52. The van der Waals surface area contributed by atoms with E-state index in [9.17, 15) is 0 Å². The van der Waals surface area contributed by atoms with Crippen LogP contribution in [0.15, 0.2) is 0 Å². The van der Waals surface area contributed by atoms with Crippen LogP contribution in [-0.2, 0) is 0 Å². The Labute approximate surface area is 140 Å². The van der Waals surface area contributed by atoms with Crippen molar-refractivity contribution in [1.82, 2.24) is 13.5 Å². The zero-order chi connectivity index (χ0) is 13.7. The predicted molar refractivity (Wildman–Crippen MR) is 85.2 cm³/mol. The third-order valence-corrected chi connectivity index (χ3v) is 8.02. The van der Waals surface area contributed by atoms with Gasteiger partial charge in [-0.3, -0.25) is 0 Å². The lowest BCUT2D eigenvalue weighted by Gasteiger charge is -2.37.